The summed E-state index contributed by atoms with van der Waals surface area (Å²) in [7, 11) is 0. The third kappa shape index (κ3) is 3.41. The molecule has 1 amide bonds. The molecule has 1 saturated carbocycles. The van der Waals surface area contributed by atoms with Gasteiger partial charge in [-0.2, -0.15) is 0 Å². The largest absolute Gasteiger partial charge is 0.308 e. The second kappa shape index (κ2) is 7.69. The molecule has 4 heteroatoms. The number of benzene rings is 1. The fourth-order valence-corrected chi connectivity index (χ4v) is 5.19. The molecule has 4 rings (SSSR count). The minimum atomic E-state index is -0.0305. The van der Waals surface area contributed by atoms with Crippen LogP contribution in [0.4, 0.5) is 5.69 Å². The first kappa shape index (κ1) is 18.0. The quantitative estimate of drug-likeness (QED) is 0.832. The number of nitrogens with zero attached hydrogens (tertiary/aromatic N) is 3. The molecule has 0 bridgehead atoms. The molecule has 1 aromatic carbocycles. The number of carbonyl (C=O) groups is 1. The van der Waals surface area contributed by atoms with Gasteiger partial charge in [-0.25, -0.2) is 0 Å². The lowest BCUT2D eigenvalue weighted by atomic mass is 9.93. The molecule has 1 aromatic rings. The van der Waals surface area contributed by atoms with Crippen LogP contribution in [0.15, 0.2) is 24.3 Å². The SMILES string of the molecule is C[C@@H](C(=O)N1c2ccccc2C[C@@H]1C)N1CCN(C2CCCCC2)CC1. The third-order valence-corrected chi connectivity index (χ3v) is 6.79. The molecule has 1 aliphatic carbocycles. The van der Waals surface area contributed by atoms with E-state index in [1.54, 1.807) is 0 Å². The maximum Gasteiger partial charge on any atom is 0.244 e. The fourth-order valence-electron chi connectivity index (χ4n) is 5.19. The van der Waals surface area contributed by atoms with Crippen molar-refractivity contribution >= 4 is 11.6 Å². The molecule has 0 spiro atoms. The smallest absolute Gasteiger partial charge is 0.244 e. The first-order valence-corrected chi connectivity index (χ1v) is 10.5. The van der Waals surface area contributed by atoms with E-state index in [0.717, 1.165) is 44.3 Å². The summed E-state index contributed by atoms with van der Waals surface area (Å²) in [6.45, 7) is 8.56. The predicted octanol–water partition coefficient (Wildman–Crippen LogP) is 3.30. The number of amides is 1. The van der Waals surface area contributed by atoms with Gasteiger partial charge >= 0.3 is 0 Å². The average Bonchev–Trinajstić information content (AvgIpc) is 3.03. The first-order chi connectivity index (χ1) is 12.6. The lowest BCUT2D eigenvalue weighted by Crippen LogP contribution is -2.57. The molecule has 2 atom stereocenters. The molecule has 2 heterocycles. The highest BCUT2D eigenvalue weighted by Gasteiger charge is 2.36. The maximum absolute atomic E-state index is 13.3. The zero-order chi connectivity index (χ0) is 18.1. The molecular weight excluding hydrogens is 322 g/mol. The van der Waals surface area contributed by atoms with Crippen LogP contribution < -0.4 is 4.90 Å². The van der Waals surface area contributed by atoms with Gasteiger partial charge in [0.25, 0.3) is 0 Å². The summed E-state index contributed by atoms with van der Waals surface area (Å²) in [5.74, 6) is 0.272. The van der Waals surface area contributed by atoms with Gasteiger partial charge in [-0.1, -0.05) is 37.5 Å². The van der Waals surface area contributed by atoms with Crippen LogP contribution in [0, 0.1) is 0 Å². The normalized spacial score (nSPS) is 26.7. The standard InChI is InChI=1S/C22H33N3O/c1-17-16-19-8-6-7-11-21(19)25(17)22(26)18(2)23-12-14-24(15-13-23)20-9-4-3-5-10-20/h6-8,11,17-18,20H,3-5,9-10,12-16H2,1-2H3/t17-,18-/m0/s1. The van der Waals surface area contributed by atoms with Gasteiger partial charge in [0.05, 0.1) is 6.04 Å². The minimum Gasteiger partial charge on any atom is -0.308 e. The van der Waals surface area contributed by atoms with Crippen molar-refractivity contribution in [1.29, 1.82) is 0 Å². The van der Waals surface area contributed by atoms with Gasteiger partial charge in [-0.15, -0.1) is 0 Å². The Morgan fingerprint density at radius 1 is 1.04 bits per heavy atom. The van der Waals surface area contributed by atoms with Crippen LogP contribution >= 0.6 is 0 Å². The summed E-state index contributed by atoms with van der Waals surface area (Å²) in [5, 5.41) is 0. The summed E-state index contributed by atoms with van der Waals surface area (Å²) in [4.78, 5) is 20.4. The van der Waals surface area contributed by atoms with Gasteiger partial charge in [0.2, 0.25) is 5.91 Å². The Morgan fingerprint density at radius 2 is 1.73 bits per heavy atom. The van der Waals surface area contributed by atoms with E-state index in [-0.39, 0.29) is 18.0 Å². The van der Waals surface area contributed by atoms with Crippen molar-refractivity contribution in [3.05, 3.63) is 29.8 Å². The second-order valence-corrected chi connectivity index (χ2v) is 8.43. The maximum atomic E-state index is 13.3. The number of hydrogen-bond acceptors (Lipinski definition) is 3. The first-order valence-electron chi connectivity index (χ1n) is 10.5. The molecule has 142 valence electrons. The van der Waals surface area contributed by atoms with Crippen LogP contribution in [0.2, 0.25) is 0 Å². The van der Waals surface area contributed by atoms with Crippen LogP contribution in [-0.2, 0) is 11.2 Å². The van der Waals surface area contributed by atoms with E-state index in [9.17, 15) is 4.79 Å². The number of hydrogen-bond donors (Lipinski definition) is 0. The molecule has 0 radical (unpaired) electrons. The zero-order valence-corrected chi connectivity index (χ0v) is 16.4. The minimum absolute atomic E-state index is 0.0305. The van der Waals surface area contributed by atoms with Gasteiger partial charge in [0.15, 0.2) is 0 Å². The topological polar surface area (TPSA) is 26.8 Å². The molecule has 2 fully saturated rings. The van der Waals surface area contributed by atoms with Crippen LogP contribution in [0.5, 0.6) is 0 Å². The van der Waals surface area contributed by atoms with Crippen molar-refractivity contribution in [2.24, 2.45) is 0 Å². The molecule has 0 N–H and O–H groups in total. The van der Waals surface area contributed by atoms with E-state index in [1.807, 2.05) is 11.0 Å². The average molecular weight is 356 g/mol. The highest BCUT2D eigenvalue weighted by molar-refractivity contribution is 5.99. The molecular formula is C22H33N3O. The Morgan fingerprint density at radius 3 is 2.46 bits per heavy atom. The molecule has 0 unspecified atom stereocenters. The molecule has 1 saturated heterocycles. The molecule has 3 aliphatic rings. The molecule has 2 aliphatic heterocycles. The number of rotatable bonds is 3. The Hall–Kier alpha value is -1.39. The number of para-hydroxylation sites is 1. The van der Waals surface area contributed by atoms with E-state index in [1.165, 1.54) is 37.7 Å². The van der Waals surface area contributed by atoms with Crippen LogP contribution in [-0.4, -0.2) is 60.0 Å². The Kier molecular flexibility index (Phi) is 5.32. The van der Waals surface area contributed by atoms with E-state index < -0.39 is 0 Å². The van der Waals surface area contributed by atoms with Gasteiger partial charge in [0.1, 0.15) is 0 Å². The van der Waals surface area contributed by atoms with E-state index in [0.29, 0.717) is 0 Å². The van der Waals surface area contributed by atoms with Crippen molar-refractivity contribution in [1.82, 2.24) is 9.80 Å². The Labute approximate surface area is 158 Å². The lowest BCUT2D eigenvalue weighted by molar-refractivity contribution is -0.124. The fraction of sp³-hybridized carbons (Fsp3) is 0.682. The van der Waals surface area contributed by atoms with E-state index in [2.05, 4.69) is 41.8 Å². The molecule has 26 heavy (non-hydrogen) atoms. The third-order valence-electron chi connectivity index (χ3n) is 6.79. The second-order valence-electron chi connectivity index (χ2n) is 8.43. The van der Waals surface area contributed by atoms with Crippen LogP contribution in [0.1, 0.15) is 51.5 Å². The van der Waals surface area contributed by atoms with Crippen molar-refractivity contribution in [3.63, 3.8) is 0 Å². The lowest BCUT2D eigenvalue weighted by Gasteiger charge is -2.43. The monoisotopic (exact) mass is 355 g/mol. The summed E-state index contributed by atoms with van der Waals surface area (Å²) < 4.78 is 0. The number of anilines is 1. The summed E-state index contributed by atoms with van der Waals surface area (Å²) in [6, 6.07) is 9.42. The Balaban J connectivity index is 1.37. The number of carbonyl (C=O) groups excluding carboxylic acids is 1. The predicted molar refractivity (Wildman–Crippen MR) is 107 cm³/mol. The van der Waals surface area contributed by atoms with Crippen LogP contribution in [0.3, 0.4) is 0 Å². The van der Waals surface area contributed by atoms with Crippen molar-refractivity contribution < 1.29 is 4.79 Å². The van der Waals surface area contributed by atoms with E-state index in [4.69, 9.17) is 0 Å². The summed E-state index contributed by atoms with van der Waals surface area (Å²) in [5.41, 5.74) is 2.43. The zero-order valence-electron chi connectivity index (χ0n) is 16.4. The van der Waals surface area contributed by atoms with Gasteiger partial charge in [-0.05, 0) is 44.7 Å². The highest BCUT2D eigenvalue weighted by Crippen LogP contribution is 2.33. The Bertz CT molecular complexity index is 632. The summed E-state index contributed by atoms with van der Waals surface area (Å²) >= 11 is 0. The van der Waals surface area contributed by atoms with Gasteiger partial charge in [0, 0.05) is 44.0 Å². The van der Waals surface area contributed by atoms with Crippen molar-refractivity contribution in [2.45, 2.75) is 70.5 Å². The number of fused-ring (bicyclic) bond motifs is 1. The van der Waals surface area contributed by atoms with Crippen molar-refractivity contribution in [3.8, 4) is 0 Å². The highest BCUT2D eigenvalue weighted by atomic mass is 16.2. The molecule has 4 nitrogen and oxygen atoms in total. The number of piperazine rings is 1. The van der Waals surface area contributed by atoms with Crippen molar-refractivity contribution in [2.75, 3.05) is 31.1 Å². The molecule has 0 aromatic heterocycles. The van der Waals surface area contributed by atoms with Gasteiger partial charge < -0.3 is 4.90 Å². The summed E-state index contributed by atoms with van der Waals surface area (Å²) in [6.07, 6.45) is 7.92. The van der Waals surface area contributed by atoms with E-state index >= 15 is 0 Å². The van der Waals surface area contributed by atoms with Crippen LogP contribution in [0.25, 0.3) is 0 Å². The van der Waals surface area contributed by atoms with Gasteiger partial charge in [-0.3, -0.25) is 14.6 Å².